The number of nitrogens with one attached hydrogen (secondary N) is 1. The predicted octanol–water partition coefficient (Wildman–Crippen LogP) is 3.74. The van der Waals surface area contributed by atoms with E-state index in [9.17, 15) is 9.59 Å². The highest BCUT2D eigenvalue weighted by Crippen LogP contribution is 2.45. The zero-order chi connectivity index (χ0) is 22.1. The summed E-state index contributed by atoms with van der Waals surface area (Å²) in [4.78, 5) is 35.1. The third kappa shape index (κ3) is 3.48. The summed E-state index contributed by atoms with van der Waals surface area (Å²) in [7, 11) is 0. The van der Waals surface area contributed by atoms with Gasteiger partial charge in [-0.05, 0) is 36.6 Å². The Bertz CT molecular complexity index is 1100. The van der Waals surface area contributed by atoms with Gasteiger partial charge in [-0.1, -0.05) is 54.1 Å². The van der Waals surface area contributed by atoms with Crippen LogP contribution >= 0.6 is 11.6 Å². The largest absolute Gasteiger partial charge is 0.338 e. The van der Waals surface area contributed by atoms with E-state index < -0.39 is 5.66 Å². The van der Waals surface area contributed by atoms with E-state index in [1.807, 2.05) is 52.3 Å². The number of pyridine rings is 1. The number of rotatable bonds is 4. The van der Waals surface area contributed by atoms with E-state index in [4.69, 9.17) is 11.6 Å². The lowest BCUT2D eigenvalue weighted by Gasteiger charge is -2.50. The number of halogens is 1. The van der Waals surface area contributed by atoms with Crippen molar-refractivity contribution in [3.8, 4) is 0 Å². The molecule has 3 aliphatic rings. The van der Waals surface area contributed by atoms with Crippen LogP contribution in [-0.4, -0.2) is 52.0 Å². The number of carbonyl (C=O) groups is 2. The zero-order valence-corrected chi connectivity index (χ0v) is 18.5. The first-order valence-corrected chi connectivity index (χ1v) is 11.4. The van der Waals surface area contributed by atoms with Gasteiger partial charge < -0.3 is 10.2 Å². The number of aromatic nitrogens is 1. The van der Waals surface area contributed by atoms with Crippen molar-refractivity contribution in [2.45, 2.75) is 24.9 Å². The molecule has 1 aliphatic carbocycles. The fourth-order valence-electron chi connectivity index (χ4n) is 5.17. The molecule has 1 aromatic carbocycles. The Kier molecular flexibility index (Phi) is 5.47. The summed E-state index contributed by atoms with van der Waals surface area (Å²) in [5, 5.41) is 3.76. The molecule has 0 bridgehead atoms. The maximum absolute atomic E-state index is 13.4. The number of allylic oxidation sites excluding steroid dienone is 3. The first-order chi connectivity index (χ1) is 15.6. The van der Waals surface area contributed by atoms with Gasteiger partial charge in [0.1, 0.15) is 5.66 Å². The highest BCUT2D eigenvalue weighted by atomic mass is 35.5. The molecule has 32 heavy (non-hydrogen) atoms. The first kappa shape index (κ1) is 20.8. The van der Waals surface area contributed by atoms with Crippen LogP contribution < -0.4 is 5.32 Å². The standard InChI is InChI=1S/C25H25ClN4O2/c26-20-10-8-19(9-11-20)25-17-22-21(7-4-13-27-22)23(31)29(25)15-16-30(25)24(32)28-14-12-18-5-2-1-3-6-18/h1-8,10-11,13,19H,9,12,14-17H2,(H,28,32). The number of nitrogens with zero attached hydrogens (tertiary/aromatic N) is 3. The van der Waals surface area contributed by atoms with Gasteiger partial charge in [0.2, 0.25) is 0 Å². The second-order valence-corrected chi connectivity index (χ2v) is 8.86. The lowest BCUT2D eigenvalue weighted by atomic mass is 9.78. The molecule has 3 heterocycles. The Hall–Kier alpha value is -3.12. The lowest BCUT2D eigenvalue weighted by molar-refractivity contribution is -0.00206. The van der Waals surface area contributed by atoms with E-state index in [2.05, 4.69) is 22.4 Å². The number of benzene rings is 1. The SMILES string of the molecule is O=C(NCCc1ccccc1)N1CCN2C(=O)c3cccnc3CC12C1C=CC(Cl)=CC1. The van der Waals surface area contributed by atoms with Crippen LogP contribution in [0.4, 0.5) is 4.79 Å². The second kappa shape index (κ2) is 8.43. The van der Waals surface area contributed by atoms with Crippen molar-refractivity contribution in [2.24, 2.45) is 5.92 Å². The van der Waals surface area contributed by atoms with Gasteiger partial charge in [0, 0.05) is 43.2 Å². The van der Waals surface area contributed by atoms with Gasteiger partial charge in [0.25, 0.3) is 5.91 Å². The minimum Gasteiger partial charge on any atom is -0.338 e. The maximum atomic E-state index is 13.4. The van der Waals surface area contributed by atoms with E-state index >= 15 is 0 Å². The average Bonchev–Trinajstić information content (AvgIpc) is 3.21. The fraction of sp³-hybridized carbons (Fsp3) is 0.320. The molecule has 1 N–H and O–H groups in total. The third-order valence-corrected chi connectivity index (χ3v) is 6.98. The summed E-state index contributed by atoms with van der Waals surface area (Å²) in [6.07, 6.45) is 9.49. The van der Waals surface area contributed by atoms with E-state index in [-0.39, 0.29) is 17.9 Å². The summed E-state index contributed by atoms with van der Waals surface area (Å²) in [5.74, 6) is -0.125. The molecule has 164 valence electrons. The van der Waals surface area contributed by atoms with Crippen molar-refractivity contribution in [1.29, 1.82) is 0 Å². The van der Waals surface area contributed by atoms with E-state index in [1.165, 1.54) is 5.56 Å². The molecule has 1 fully saturated rings. The number of urea groups is 1. The molecule has 0 radical (unpaired) electrons. The number of hydrogen-bond donors (Lipinski definition) is 1. The van der Waals surface area contributed by atoms with Crippen LogP contribution in [0, 0.1) is 5.92 Å². The quantitative estimate of drug-likeness (QED) is 0.774. The number of carbonyl (C=O) groups excluding carboxylic acids is 2. The Labute approximate surface area is 192 Å². The van der Waals surface area contributed by atoms with Crippen LogP contribution in [0.15, 0.2) is 71.9 Å². The Morgan fingerprint density at radius 1 is 1.19 bits per heavy atom. The van der Waals surface area contributed by atoms with Crippen LogP contribution in [0.2, 0.25) is 0 Å². The van der Waals surface area contributed by atoms with E-state index in [0.717, 1.165) is 12.1 Å². The number of hydrogen-bond acceptors (Lipinski definition) is 3. The van der Waals surface area contributed by atoms with Crippen molar-refractivity contribution >= 4 is 23.5 Å². The second-order valence-electron chi connectivity index (χ2n) is 8.42. The molecule has 7 heteroatoms. The van der Waals surface area contributed by atoms with Gasteiger partial charge in [-0.15, -0.1) is 0 Å². The van der Waals surface area contributed by atoms with Crippen molar-refractivity contribution in [2.75, 3.05) is 19.6 Å². The zero-order valence-electron chi connectivity index (χ0n) is 17.7. The lowest BCUT2D eigenvalue weighted by Crippen LogP contribution is -2.66. The molecule has 3 amide bonds. The summed E-state index contributed by atoms with van der Waals surface area (Å²) in [5.41, 5.74) is 1.75. The topological polar surface area (TPSA) is 65.5 Å². The van der Waals surface area contributed by atoms with Gasteiger partial charge in [0.15, 0.2) is 0 Å². The monoisotopic (exact) mass is 448 g/mol. The van der Waals surface area contributed by atoms with Crippen LogP contribution in [-0.2, 0) is 12.8 Å². The van der Waals surface area contributed by atoms with Gasteiger partial charge >= 0.3 is 6.03 Å². The summed E-state index contributed by atoms with van der Waals surface area (Å²) >= 11 is 6.19. The Morgan fingerprint density at radius 3 is 2.81 bits per heavy atom. The van der Waals surface area contributed by atoms with Crippen LogP contribution in [0.1, 0.15) is 28.0 Å². The van der Waals surface area contributed by atoms with E-state index in [0.29, 0.717) is 43.1 Å². The summed E-state index contributed by atoms with van der Waals surface area (Å²) in [6, 6.07) is 13.5. The van der Waals surface area contributed by atoms with Gasteiger partial charge in [-0.2, -0.15) is 0 Å². The van der Waals surface area contributed by atoms with Crippen molar-refractivity contribution in [3.63, 3.8) is 0 Å². The molecule has 5 rings (SSSR count). The molecule has 6 nitrogen and oxygen atoms in total. The summed E-state index contributed by atoms with van der Waals surface area (Å²) < 4.78 is 0. The number of amides is 3. The Balaban J connectivity index is 1.44. The fourth-order valence-corrected chi connectivity index (χ4v) is 5.33. The molecular weight excluding hydrogens is 424 g/mol. The minimum atomic E-state index is -0.792. The van der Waals surface area contributed by atoms with Gasteiger partial charge in [0.05, 0.1) is 11.3 Å². The molecule has 0 saturated carbocycles. The molecule has 1 saturated heterocycles. The molecule has 2 atom stereocenters. The van der Waals surface area contributed by atoms with E-state index in [1.54, 1.807) is 12.3 Å². The smallest absolute Gasteiger partial charge is 0.319 e. The van der Waals surface area contributed by atoms with Crippen LogP contribution in [0.25, 0.3) is 0 Å². The number of fused-ring (bicyclic) bond motifs is 2. The maximum Gasteiger partial charge on any atom is 0.319 e. The highest BCUT2D eigenvalue weighted by molar-refractivity contribution is 6.31. The highest BCUT2D eigenvalue weighted by Gasteiger charge is 2.58. The van der Waals surface area contributed by atoms with Crippen molar-refractivity contribution in [1.82, 2.24) is 20.1 Å². The first-order valence-electron chi connectivity index (χ1n) is 11.0. The molecule has 2 aromatic rings. The molecule has 1 aromatic heterocycles. The molecule has 2 unspecified atom stereocenters. The van der Waals surface area contributed by atoms with Crippen LogP contribution in [0.3, 0.4) is 0 Å². The van der Waals surface area contributed by atoms with Gasteiger partial charge in [-0.25, -0.2) is 4.79 Å². The summed E-state index contributed by atoms with van der Waals surface area (Å²) in [6.45, 7) is 1.52. The Morgan fingerprint density at radius 2 is 2.03 bits per heavy atom. The third-order valence-electron chi connectivity index (χ3n) is 6.70. The van der Waals surface area contributed by atoms with Crippen molar-refractivity contribution in [3.05, 3.63) is 88.7 Å². The molecular formula is C25H25ClN4O2. The minimum absolute atomic E-state index is 0.0621. The average molecular weight is 449 g/mol. The van der Waals surface area contributed by atoms with Gasteiger partial charge in [-0.3, -0.25) is 14.7 Å². The molecule has 2 aliphatic heterocycles. The van der Waals surface area contributed by atoms with Crippen molar-refractivity contribution < 1.29 is 9.59 Å². The molecule has 0 spiro atoms. The van der Waals surface area contributed by atoms with Crippen LogP contribution in [0.5, 0.6) is 0 Å². The normalized spacial score (nSPS) is 24.1. The predicted molar refractivity (Wildman–Crippen MR) is 123 cm³/mol.